The molecule has 2 heterocycles. The summed E-state index contributed by atoms with van der Waals surface area (Å²) in [5, 5.41) is 38.1. The van der Waals surface area contributed by atoms with E-state index in [-0.39, 0.29) is 0 Å². The fourth-order valence-electron chi connectivity index (χ4n) is 2.18. The lowest BCUT2D eigenvalue weighted by Crippen LogP contribution is -2.57. The Labute approximate surface area is 121 Å². The summed E-state index contributed by atoms with van der Waals surface area (Å²) >= 11 is 0. The van der Waals surface area contributed by atoms with Gasteiger partial charge in [0.05, 0.1) is 12.2 Å². The van der Waals surface area contributed by atoms with Crippen molar-refractivity contribution in [3.63, 3.8) is 0 Å². The zero-order chi connectivity index (χ0) is 16.7. The molecule has 22 heavy (non-hydrogen) atoms. The minimum atomic E-state index is -4.72. The zero-order valence-electron chi connectivity index (χ0n) is 11.0. The first-order valence-electron chi connectivity index (χ1n) is 6.26. The van der Waals surface area contributed by atoms with E-state index in [1.54, 1.807) is 0 Å². The van der Waals surface area contributed by atoms with E-state index in [1.807, 2.05) is 0 Å². The minimum absolute atomic E-state index is 0.440. The quantitative estimate of drug-likeness (QED) is 0.546. The van der Waals surface area contributed by atoms with E-state index in [9.17, 15) is 33.3 Å². The Hall–Kier alpha value is -1.46. The molecule has 1 saturated heterocycles. The third-order valence-electron chi connectivity index (χ3n) is 3.41. The van der Waals surface area contributed by atoms with Crippen molar-refractivity contribution in [2.75, 3.05) is 6.61 Å². The number of pyridine rings is 1. The smallest absolute Gasteiger partial charge is 0.394 e. The van der Waals surface area contributed by atoms with Crippen molar-refractivity contribution in [2.24, 2.45) is 0 Å². The predicted molar refractivity (Wildman–Crippen MR) is 64.7 cm³/mol. The summed E-state index contributed by atoms with van der Waals surface area (Å²) in [5.74, 6) is 0. The van der Waals surface area contributed by atoms with Gasteiger partial charge < -0.3 is 25.2 Å². The summed E-state index contributed by atoms with van der Waals surface area (Å²) < 4.78 is 43.6. The van der Waals surface area contributed by atoms with Gasteiger partial charge in [0.25, 0.3) is 5.56 Å². The maximum Gasteiger partial charge on any atom is 0.417 e. The molecule has 1 aliphatic heterocycles. The molecule has 2 rings (SSSR count). The first-order valence-corrected chi connectivity index (χ1v) is 6.26. The number of alkyl halides is 3. The molecule has 124 valence electrons. The van der Waals surface area contributed by atoms with Crippen LogP contribution in [0.3, 0.4) is 0 Å². The maximum atomic E-state index is 12.7. The fourth-order valence-corrected chi connectivity index (χ4v) is 2.18. The molecule has 10 heteroatoms. The average Bonchev–Trinajstić information content (AvgIpc) is 2.45. The van der Waals surface area contributed by atoms with Crippen LogP contribution in [0.4, 0.5) is 13.2 Å². The molecule has 0 aliphatic carbocycles. The van der Waals surface area contributed by atoms with E-state index in [0.29, 0.717) is 22.9 Å². The molecule has 0 spiro atoms. The topological polar surface area (TPSA) is 112 Å². The average molecular weight is 325 g/mol. The normalized spacial score (nSPS) is 33.0. The van der Waals surface area contributed by atoms with Gasteiger partial charge in [0.2, 0.25) is 0 Å². The van der Waals surface area contributed by atoms with Crippen molar-refractivity contribution in [3.8, 4) is 0 Å². The second-order valence-corrected chi connectivity index (χ2v) is 4.88. The van der Waals surface area contributed by atoms with Gasteiger partial charge in [-0.25, -0.2) is 0 Å². The van der Waals surface area contributed by atoms with Gasteiger partial charge in [0, 0.05) is 12.3 Å². The van der Waals surface area contributed by atoms with E-state index in [0.717, 1.165) is 0 Å². The van der Waals surface area contributed by atoms with Gasteiger partial charge >= 0.3 is 6.18 Å². The van der Waals surface area contributed by atoms with Gasteiger partial charge in [0.1, 0.15) is 24.4 Å². The third-order valence-corrected chi connectivity index (χ3v) is 3.41. The molecule has 5 atom stereocenters. The van der Waals surface area contributed by atoms with Crippen LogP contribution in [0.1, 0.15) is 11.8 Å². The van der Waals surface area contributed by atoms with Crippen LogP contribution in [0, 0.1) is 0 Å². The lowest BCUT2D eigenvalue weighted by atomic mass is 9.98. The number of ether oxygens (including phenoxy) is 1. The van der Waals surface area contributed by atoms with Crippen molar-refractivity contribution in [2.45, 2.75) is 36.8 Å². The maximum absolute atomic E-state index is 12.7. The van der Waals surface area contributed by atoms with E-state index >= 15 is 0 Å². The first-order chi connectivity index (χ1) is 10.2. The lowest BCUT2D eigenvalue weighted by Gasteiger charge is -2.40. The number of hydrogen-bond acceptors (Lipinski definition) is 6. The number of rotatable bonds is 2. The van der Waals surface area contributed by atoms with Crippen LogP contribution in [-0.4, -0.2) is 56.0 Å². The summed E-state index contributed by atoms with van der Waals surface area (Å²) in [4.78, 5) is 11.7. The Bertz CT molecular complexity index is 587. The van der Waals surface area contributed by atoms with Crippen LogP contribution in [0.15, 0.2) is 23.1 Å². The lowest BCUT2D eigenvalue weighted by molar-refractivity contribution is -0.252. The minimum Gasteiger partial charge on any atom is -0.394 e. The third kappa shape index (κ3) is 3.01. The SMILES string of the molecule is O=c1ccc(C(F)(F)F)cn1C1OC(CO)C(O)C(O)C1O. The molecule has 1 aromatic heterocycles. The molecule has 0 amide bonds. The summed E-state index contributed by atoms with van der Waals surface area (Å²) in [6.45, 7) is -0.755. The number of aliphatic hydroxyl groups is 4. The van der Waals surface area contributed by atoms with Crippen molar-refractivity contribution in [1.82, 2.24) is 4.57 Å². The van der Waals surface area contributed by atoms with Gasteiger partial charge in [0.15, 0.2) is 6.23 Å². The van der Waals surface area contributed by atoms with Crippen LogP contribution in [-0.2, 0) is 10.9 Å². The van der Waals surface area contributed by atoms with Gasteiger partial charge in [-0.15, -0.1) is 0 Å². The molecule has 0 radical (unpaired) electrons. The molecule has 4 N–H and O–H groups in total. The molecular formula is C12H14F3NO6. The summed E-state index contributed by atoms with van der Waals surface area (Å²) in [5.41, 5.74) is -2.05. The number of aliphatic hydroxyl groups excluding tert-OH is 4. The number of aromatic nitrogens is 1. The van der Waals surface area contributed by atoms with Gasteiger partial charge in [-0.3, -0.25) is 9.36 Å². The zero-order valence-corrected chi connectivity index (χ0v) is 11.0. The summed E-state index contributed by atoms with van der Waals surface area (Å²) in [6, 6.07) is 1.22. The van der Waals surface area contributed by atoms with Crippen molar-refractivity contribution in [1.29, 1.82) is 0 Å². The molecule has 1 fully saturated rings. The highest BCUT2D eigenvalue weighted by Gasteiger charge is 2.45. The van der Waals surface area contributed by atoms with E-state index in [4.69, 9.17) is 9.84 Å². The van der Waals surface area contributed by atoms with Crippen molar-refractivity contribution < 1.29 is 38.3 Å². The molecule has 1 aromatic rings. The number of halogens is 3. The molecule has 1 aliphatic rings. The number of nitrogens with zero attached hydrogens (tertiary/aromatic N) is 1. The standard InChI is InChI=1S/C12H14F3NO6/c13-12(14,15)5-1-2-7(18)16(3-5)11-10(21)9(20)8(19)6(4-17)22-11/h1-3,6,8-11,17,19-21H,4H2. The Kier molecular flexibility index (Phi) is 4.59. The molecule has 0 saturated carbocycles. The molecule has 5 unspecified atom stereocenters. The van der Waals surface area contributed by atoms with Crippen LogP contribution < -0.4 is 5.56 Å². The van der Waals surface area contributed by atoms with Crippen LogP contribution >= 0.6 is 0 Å². The van der Waals surface area contributed by atoms with Crippen LogP contribution in [0.5, 0.6) is 0 Å². The fraction of sp³-hybridized carbons (Fsp3) is 0.583. The van der Waals surface area contributed by atoms with Gasteiger partial charge in [-0.1, -0.05) is 0 Å². The molecule has 7 nitrogen and oxygen atoms in total. The summed E-state index contributed by atoms with van der Waals surface area (Å²) in [6.07, 6.45) is -12.6. The monoisotopic (exact) mass is 325 g/mol. The first kappa shape index (κ1) is 16.9. The number of hydrogen-bond donors (Lipinski definition) is 4. The largest absolute Gasteiger partial charge is 0.417 e. The van der Waals surface area contributed by atoms with Gasteiger partial charge in [-0.2, -0.15) is 13.2 Å². The predicted octanol–water partition coefficient (Wildman–Crippen LogP) is -1.16. The highest BCUT2D eigenvalue weighted by molar-refractivity contribution is 5.14. The molecule has 0 bridgehead atoms. The van der Waals surface area contributed by atoms with E-state index in [2.05, 4.69) is 0 Å². The van der Waals surface area contributed by atoms with Crippen LogP contribution in [0.2, 0.25) is 0 Å². The highest BCUT2D eigenvalue weighted by Crippen LogP contribution is 2.31. The van der Waals surface area contributed by atoms with Gasteiger partial charge in [-0.05, 0) is 6.07 Å². The van der Waals surface area contributed by atoms with Crippen molar-refractivity contribution >= 4 is 0 Å². The van der Waals surface area contributed by atoms with Crippen LogP contribution in [0.25, 0.3) is 0 Å². The Morgan fingerprint density at radius 1 is 1.14 bits per heavy atom. The van der Waals surface area contributed by atoms with Crippen molar-refractivity contribution in [3.05, 3.63) is 34.2 Å². The molecule has 0 aromatic carbocycles. The highest BCUT2D eigenvalue weighted by atomic mass is 19.4. The Morgan fingerprint density at radius 2 is 1.77 bits per heavy atom. The summed E-state index contributed by atoms with van der Waals surface area (Å²) in [7, 11) is 0. The van der Waals surface area contributed by atoms with E-state index in [1.165, 1.54) is 0 Å². The second-order valence-electron chi connectivity index (χ2n) is 4.88. The van der Waals surface area contributed by atoms with E-state index < -0.39 is 54.5 Å². The Balaban J connectivity index is 2.44. The Morgan fingerprint density at radius 3 is 2.32 bits per heavy atom. The molecular weight excluding hydrogens is 311 g/mol. The second kappa shape index (κ2) is 5.97.